The monoisotopic (exact) mass is 297 g/mol. The molecule has 1 amide bonds. The molecule has 1 aliphatic heterocycles. The van der Waals surface area contributed by atoms with Crippen LogP contribution in [0.1, 0.15) is 34.1 Å². The van der Waals surface area contributed by atoms with E-state index in [0.717, 1.165) is 31.0 Å². The Morgan fingerprint density at radius 1 is 1.30 bits per heavy atom. The first-order chi connectivity index (χ1) is 9.65. The van der Waals surface area contributed by atoms with Crippen LogP contribution in [-0.4, -0.2) is 66.0 Å². The second kappa shape index (κ2) is 6.81. The first kappa shape index (κ1) is 14.9. The fourth-order valence-electron chi connectivity index (χ4n) is 2.09. The van der Waals surface area contributed by atoms with Gasteiger partial charge in [0.15, 0.2) is 0 Å². The number of hydrogen-bond donors (Lipinski definition) is 0. The third kappa shape index (κ3) is 3.34. The maximum Gasteiger partial charge on any atom is 0.367 e. The lowest BCUT2D eigenvalue weighted by Gasteiger charge is -2.33. The van der Waals surface area contributed by atoms with E-state index in [2.05, 4.69) is 16.8 Å². The first-order valence-electron chi connectivity index (χ1n) is 6.80. The van der Waals surface area contributed by atoms with E-state index in [1.54, 1.807) is 17.2 Å². The highest BCUT2D eigenvalue weighted by atomic mass is 32.1. The van der Waals surface area contributed by atoms with E-state index >= 15 is 0 Å². The van der Waals surface area contributed by atoms with Gasteiger partial charge in [0, 0.05) is 31.6 Å². The Labute approximate surface area is 122 Å². The summed E-state index contributed by atoms with van der Waals surface area (Å²) in [6, 6.07) is 0. The van der Waals surface area contributed by atoms with Crippen molar-refractivity contribution in [1.82, 2.24) is 14.8 Å². The molecule has 0 spiro atoms. The van der Waals surface area contributed by atoms with Crippen LogP contribution >= 0.6 is 11.3 Å². The average Bonchev–Trinajstić information content (AvgIpc) is 2.97. The largest absolute Gasteiger partial charge is 0.461 e. The van der Waals surface area contributed by atoms with Crippen molar-refractivity contribution in [2.24, 2.45) is 0 Å². The Bertz CT molecular complexity index is 481. The zero-order valence-electron chi connectivity index (χ0n) is 11.8. The number of carbonyl (C=O) groups excluding carboxylic acids is 2. The van der Waals surface area contributed by atoms with Gasteiger partial charge in [-0.25, -0.2) is 9.78 Å². The second-order valence-corrected chi connectivity index (χ2v) is 5.34. The van der Waals surface area contributed by atoms with E-state index in [9.17, 15) is 9.59 Å². The molecule has 0 aliphatic carbocycles. The normalized spacial score (nSPS) is 16.2. The molecule has 1 saturated heterocycles. The zero-order valence-corrected chi connectivity index (χ0v) is 12.6. The number of likely N-dealkylation sites (N-methyl/N-ethyl adjacent to an activating group) is 1. The minimum atomic E-state index is -0.465. The smallest absolute Gasteiger partial charge is 0.367 e. The van der Waals surface area contributed by atoms with Crippen LogP contribution in [0.2, 0.25) is 0 Å². The molecule has 6 nitrogen and oxygen atoms in total. The summed E-state index contributed by atoms with van der Waals surface area (Å²) in [7, 11) is 0. The molecular formula is C13H19N3O3S. The molecule has 0 N–H and O–H groups in total. The van der Waals surface area contributed by atoms with Gasteiger partial charge in [-0.2, -0.15) is 0 Å². The van der Waals surface area contributed by atoms with Crippen molar-refractivity contribution in [1.29, 1.82) is 0 Å². The standard InChI is InChI=1S/C13H19N3O3S/c1-3-15-5-7-16(8-6-15)12(17)10-9-20-11(14-10)13(18)19-4-2/h9H,3-8H2,1-2H3. The molecule has 0 saturated carbocycles. The van der Waals surface area contributed by atoms with Crippen LogP contribution in [0.5, 0.6) is 0 Å². The number of ether oxygens (including phenoxy) is 1. The zero-order chi connectivity index (χ0) is 14.5. The van der Waals surface area contributed by atoms with E-state index in [-0.39, 0.29) is 10.9 Å². The first-order valence-corrected chi connectivity index (χ1v) is 7.68. The predicted molar refractivity (Wildman–Crippen MR) is 76.1 cm³/mol. The van der Waals surface area contributed by atoms with Crippen LogP contribution in [0.25, 0.3) is 0 Å². The number of amides is 1. The summed E-state index contributed by atoms with van der Waals surface area (Å²) in [6.07, 6.45) is 0. The number of aromatic nitrogens is 1. The molecular weight excluding hydrogens is 278 g/mol. The number of nitrogens with zero attached hydrogens (tertiary/aromatic N) is 3. The summed E-state index contributed by atoms with van der Waals surface area (Å²) in [5, 5.41) is 1.86. The Hall–Kier alpha value is -1.47. The van der Waals surface area contributed by atoms with Crippen LogP contribution in [0, 0.1) is 0 Å². The van der Waals surface area contributed by atoms with Gasteiger partial charge in [0.05, 0.1) is 6.61 Å². The van der Waals surface area contributed by atoms with E-state index in [1.807, 2.05) is 0 Å². The molecule has 2 heterocycles. The Morgan fingerprint density at radius 2 is 2.00 bits per heavy atom. The topological polar surface area (TPSA) is 62.7 Å². The van der Waals surface area contributed by atoms with Gasteiger partial charge >= 0.3 is 5.97 Å². The van der Waals surface area contributed by atoms with Gasteiger partial charge < -0.3 is 14.5 Å². The molecule has 0 atom stereocenters. The van der Waals surface area contributed by atoms with Crippen molar-refractivity contribution in [3.05, 3.63) is 16.1 Å². The molecule has 0 unspecified atom stereocenters. The second-order valence-electron chi connectivity index (χ2n) is 4.48. The SMILES string of the molecule is CCOC(=O)c1nc(C(=O)N2CCN(CC)CC2)cs1. The molecule has 7 heteroatoms. The maximum atomic E-state index is 12.3. The van der Waals surface area contributed by atoms with Gasteiger partial charge in [-0.3, -0.25) is 4.79 Å². The van der Waals surface area contributed by atoms with Gasteiger partial charge in [0.2, 0.25) is 5.01 Å². The third-order valence-electron chi connectivity index (χ3n) is 3.28. The lowest BCUT2D eigenvalue weighted by molar-refractivity contribution is 0.0525. The maximum absolute atomic E-state index is 12.3. The van der Waals surface area contributed by atoms with Crippen molar-refractivity contribution in [3.8, 4) is 0 Å². The summed E-state index contributed by atoms with van der Waals surface area (Å²) < 4.78 is 4.87. The van der Waals surface area contributed by atoms with E-state index in [1.165, 1.54) is 0 Å². The molecule has 0 bridgehead atoms. The highest BCUT2D eigenvalue weighted by Crippen LogP contribution is 2.14. The van der Waals surface area contributed by atoms with Gasteiger partial charge in [-0.05, 0) is 13.5 Å². The molecule has 20 heavy (non-hydrogen) atoms. The van der Waals surface area contributed by atoms with Crippen LogP contribution in [0.4, 0.5) is 0 Å². The molecule has 1 aromatic rings. The molecule has 2 rings (SSSR count). The lowest BCUT2D eigenvalue weighted by atomic mass is 10.3. The number of carbonyl (C=O) groups is 2. The fraction of sp³-hybridized carbons (Fsp3) is 0.615. The number of piperazine rings is 1. The fourth-order valence-corrected chi connectivity index (χ4v) is 2.77. The number of thiazole rings is 1. The highest BCUT2D eigenvalue weighted by Gasteiger charge is 2.24. The van der Waals surface area contributed by atoms with Crippen molar-refractivity contribution in [3.63, 3.8) is 0 Å². The Kier molecular flexibility index (Phi) is 5.08. The average molecular weight is 297 g/mol. The van der Waals surface area contributed by atoms with Gasteiger partial charge in [0.1, 0.15) is 5.69 Å². The molecule has 0 aromatic carbocycles. The lowest BCUT2D eigenvalue weighted by Crippen LogP contribution is -2.48. The number of rotatable bonds is 4. The van der Waals surface area contributed by atoms with Gasteiger partial charge in [-0.15, -0.1) is 11.3 Å². The molecule has 1 aliphatic rings. The Morgan fingerprint density at radius 3 is 2.60 bits per heavy atom. The summed E-state index contributed by atoms with van der Waals surface area (Å²) in [5.74, 6) is -0.570. The minimum Gasteiger partial charge on any atom is -0.461 e. The number of esters is 1. The van der Waals surface area contributed by atoms with E-state index in [0.29, 0.717) is 25.4 Å². The van der Waals surface area contributed by atoms with Crippen molar-refractivity contribution in [2.45, 2.75) is 13.8 Å². The van der Waals surface area contributed by atoms with Crippen LogP contribution < -0.4 is 0 Å². The minimum absolute atomic E-state index is 0.104. The predicted octanol–water partition coefficient (Wildman–Crippen LogP) is 1.10. The quantitative estimate of drug-likeness (QED) is 0.779. The third-order valence-corrected chi connectivity index (χ3v) is 4.10. The molecule has 1 fully saturated rings. The van der Waals surface area contributed by atoms with Crippen molar-refractivity contribution >= 4 is 23.2 Å². The van der Waals surface area contributed by atoms with Crippen LogP contribution in [0.15, 0.2) is 5.38 Å². The van der Waals surface area contributed by atoms with Crippen LogP contribution in [0.3, 0.4) is 0 Å². The summed E-state index contributed by atoms with van der Waals surface area (Å²) >= 11 is 1.15. The van der Waals surface area contributed by atoms with E-state index < -0.39 is 5.97 Å². The summed E-state index contributed by atoms with van der Waals surface area (Å²) in [6.45, 7) is 8.35. The van der Waals surface area contributed by atoms with Crippen LogP contribution in [-0.2, 0) is 4.74 Å². The van der Waals surface area contributed by atoms with E-state index in [4.69, 9.17) is 4.74 Å². The summed E-state index contributed by atoms with van der Waals surface area (Å²) in [4.78, 5) is 32.0. The highest BCUT2D eigenvalue weighted by molar-refractivity contribution is 7.11. The molecule has 110 valence electrons. The molecule has 0 radical (unpaired) electrons. The van der Waals surface area contributed by atoms with Gasteiger partial charge in [-0.1, -0.05) is 6.92 Å². The summed E-state index contributed by atoms with van der Waals surface area (Å²) in [5.41, 5.74) is 0.336. The van der Waals surface area contributed by atoms with Crippen molar-refractivity contribution in [2.75, 3.05) is 39.3 Å². The number of hydrogen-bond acceptors (Lipinski definition) is 6. The van der Waals surface area contributed by atoms with Crippen molar-refractivity contribution < 1.29 is 14.3 Å². The Balaban J connectivity index is 1.98. The molecule has 1 aromatic heterocycles. The van der Waals surface area contributed by atoms with Gasteiger partial charge in [0.25, 0.3) is 5.91 Å².